The Balaban J connectivity index is 2.42. The second-order valence-corrected chi connectivity index (χ2v) is 5.03. The minimum atomic E-state index is -2.85. The third-order valence-corrected chi connectivity index (χ3v) is 3.23. The highest BCUT2D eigenvalue weighted by Gasteiger charge is 2.18. The molecule has 0 aliphatic rings. The summed E-state index contributed by atoms with van der Waals surface area (Å²) in [5, 5.41) is 0. The van der Waals surface area contributed by atoms with E-state index in [0.29, 0.717) is 4.90 Å². The van der Waals surface area contributed by atoms with Gasteiger partial charge in [0, 0.05) is 35.4 Å². The van der Waals surface area contributed by atoms with Gasteiger partial charge in [0.1, 0.15) is 5.65 Å². The molecular formula is C19H21N3O. The molecule has 2 aromatic heterocycles. The molecule has 0 bridgehead atoms. The normalized spacial score (nSPS) is 20.3. The number of fused-ring (bicyclic) bond motifs is 1. The first kappa shape index (κ1) is 6.87. The van der Waals surface area contributed by atoms with Gasteiger partial charge in [0.25, 0.3) is 0 Å². The van der Waals surface area contributed by atoms with E-state index in [1.807, 2.05) is 0 Å². The first-order valence-electron chi connectivity index (χ1n) is 12.4. The maximum atomic E-state index is 12.9. The van der Waals surface area contributed by atoms with Gasteiger partial charge in [-0.05, 0) is 25.4 Å². The maximum Gasteiger partial charge on any atom is 0.228 e. The zero-order valence-electron chi connectivity index (χ0n) is 23.6. The van der Waals surface area contributed by atoms with E-state index in [2.05, 4.69) is 4.98 Å². The van der Waals surface area contributed by atoms with E-state index in [9.17, 15) is 4.79 Å². The van der Waals surface area contributed by atoms with E-state index in [1.165, 1.54) is 19.1 Å². The average molecular weight is 318 g/mol. The summed E-state index contributed by atoms with van der Waals surface area (Å²) in [4.78, 5) is 17.6. The summed E-state index contributed by atoms with van der Waals surface area (Å²) in [5.74, 6) is -1.15. The molecule has 3 rings (SSSR count). The fourth-order valence-corrected chi connectivity index (χ4v) is 2.09. The molecule has 23 heavy (non-hydrogen) atoms. The Kier molecular flexibility index (Phi) is 1.76. The first-order valence-corrected chi connectivity index (χ1v) is 6.78. The van der Waals surface area contributed by atoms with Crippen LogP contribution < -0.4 is 0 Å². The minimum Gasteiger partial charge on any atom is -0.348 e. The van der Waals surface area contributed by atoms with E-state index < -0.39 is 38.2 Å². The van der Waals surface area contributed by atoms with Gasteiger partial charge in [-0.1, -0.05) is 35.8 Å². The van der Waals surface area contributed by atoms with E-state index in [1.54, 1.807) is 0 Å². The van der Waals surface area contributed by atoms with Crippen LogP contribution in [-0.4, -0.2) is 34.2 Å². The van der Waals surface area contributed by atoms with Gasteiger partial charge in [0.05, 0.1) is 23.3 Å². The number of carbonyl (C=O) groups excluding carboxylic acids is 1. The van der Waals surface area contributed by atoms with Crippen molar-refractivity contribution in [3.8, 4) is 11.3 Å². The van der Waals surface area contributed by atoms with Crippen LogP contribution in [0.15, 0.2) is 42.5 Å². The molecule has 0 spiro atoms. The lowest BCUT2D eigenvalue weighted by atomic mass is 10.1. The Labute approximate surface area is 151 Å². The van der Waals surface area contributed by atoms with Crippen molar-refractivity contribution in [3.63, 3.8) is 0 Å². The lowest BCUT2D eigenvalue weighted by molar-refractivity contribution is -0.128. The number of hydrogen-bond acceptors (Lipinski definition) is 2. The molecule has 4 nitrogen and oxygen atoms in total. The first-order chi connectivity index (χ1) is 15.5. The zero-order chi connectivity index (χ0) is 25.9. The van der Waals surface area contributed by atoms with Crippen molar-refractivity contribution in [1.29, 1.82) is 0 Å². The molecular weight excluding hydrogens is 286 g/mol. The molecule has 0 radical (unpaired) electrons. The highest BCUT2D eigenvalue weighted by molar-refractivity contribution is 5.81. The van der Waals surface area contributed by atoms with Gasteiger partial charge in [-0.3, -0.25) is 4.79 Å². The van der Waals surface area contributed by atoms with Crippen molar-refractivity contribution < 1.29 is 19.9 Å². The average Bonchev–Trinajstić information content (AvgIpc) is 3.11. The number of imidazole rings is 1. The Hall–Kier alpha value is -2.62. The van der Waals surface area contributed by atoms with Crippen LogP contribution in [-0.2, 0) is 11.2 Å². The second-order valence-electron chi connectivity index (χ2n) is 5.03. The molecule has 1 unspecified atom stereocenters. The molecule has 1 atom stereocenters. The number of likely N-dealkylation sites (N-methyl/N-ethyl adjacent to an activating group) is 1. The van der Waals surface area contributed by atoms with Gasteiger partial charge < -0.3 is 9.30 Å². The number of benzene rings is 1. The third-order valence-electron chi connectivity index (χ3n) is 3.23. The number of nitrogens with zero attached hydrogens (tertiary/aromatic N) is 3. The van der Waals surface area contributed by atoms with E-state index in [-0.39, 0.29) is 45.8 Å². The Morgan fingerprint density at radius 2 is 2.13 bits per heavy atom. The van der Waals surface area contributed by atoms with Gasteiger partial charge in [-0.15, -0.1) is 0 Å². The van der Waals surface area contributed by atoms with Crippen molar-refractivity contribution in [2.75, 3.05) is 14.0 Å². The molecule has 0 N–H and O–H groups in total. The molecule has 3 aromatic rings. The minimum absolute atomic E-state index is 0.0806. The fraction of sp³-hybridized carbons (Fsp3) is 0.263. The largest absolute Gasteiger partial charge is 0.348 e. The van der Waals surface area contributed by atoms with Crippen LogP contribution in [0.5, 0.6) is 0 Å². The monoisotopic (exact) mass is 318 g/mol. The summed E-state index contributed by atoms with van der Waals surface area (Å²) in [6.07, 6.45) is -0.783. The molecule has 0 saturated heterocycles. The molecule has 0 saturated carbocycles. The van der Waals surface area contributed by atoms with Crippen molar-refractivity contribution in [2.24, 2.45) is 0 Å². The summed E-state index contributed by atoms with van der Waals surface area (Å²) in [7, 11) is 0.995. The predicted molar refractivity (Wildman–Crippen MR) is 92.5 cm³/mol. The fourth-order valence-electron chi connectivity index (χ4n) is 2.09. The summed E-state index contributed by atoms with van der Waals surface area (Å²) in [6, 6.07) is 1.02. The molecule has 1 aromatic carbocycles. The second kappa shape index (κ2) is 5.88. The standard InChI is InChI=1S/C19H21N3O/c1-13-5-8-15(9-6-13)19-16(11-18(23)21(3)4)22-12-14(2)7-10-17(22)20-19/h5-10,12H,11H2,1-4H3/i2D3,3D3,5D,6D,8D,9D,11D. The van der Waals surface area contributed by atoms with Crippen molar-refractivity contribution >= 4 is 11.6 Å². The molecule has 1 amide bonds. The summed E-state index contributed by atoms with van der Waals surface area (Å²) < 4.78 is 88.2. The van der Waals surface area contributed by atoms with Gasteiger partial charge >= 0.3 is 0 Å². The van der Waals surface area contributed by atoms with Crippen LogP contribution in [0.25, 0.3) is 16.9 Å². The van der Waals surface area contributed by atoms with Crippen LogP contribution in [0.2, 0.25) is 0 Å². The number of aromatic nitrogens is 2. The van der Waals surface area contributed by atoms with Gasteiger partial charge in [0.15, 0.2) is 0 Å². The molecule has 0 fully saturated rings. The summed E-state index contributed by atoms with van der Waals surface area (Å²) in [5.41, 5.74) is -0.765. The zero-order valence-corrected chi connectivity index (χ0v) is 12.6. The topological polar surface area (TPSA) is 37.6 Å². The van der Waals surface area contributed by atoms with Gasteiger partial charge in [-0.25, -0.2) is 4.98 Å². The van der Waals surface area contributed by atoms with Gasteiger partial charge in [0.2, 0.25) is 5.91 Å². The molecule has 118 valence electrons. The lowest BCUT2D eigenvalue weighted by Crippen LogP contribution is -2.24. The number of pyridine rings is 1. The number of aryl methyl sites for hydroxylation is 1. The van der Waals surface area contributed by atoms with Crippen LogP contribution in [0.1, 0.15) is 31.9 Å². The summed E-state index contributed by atoms with van der Waals surface area (Å²) >= 11 is 0. The SMILES string of the molecule is [2H]c1c([2H])c(-c2nc3ccc(C([2H])([2H])[2H])cn3c2C([2H])C(=O)N(C)C([2H])([2H])[2H])c([2H])c([2H])c1C. The number of rotatable bonds is 3. The Morgan fingerprint density at radius 3 is 2.83 bits per heavy atom. The highest BCUT2D eigenvalue weighted by Crippen LogP contribution is 2.26. The van der Waals surface area contributed by atoms with Crippen LogP contribution in [0.3, 0.4) is 0 Å². The third kappa shape index (κ3) is 2.97. The Morgan fingerprint density at radius 1 is 1.35 bits per heavy atom. The quantitative estimate of drug-likeness (QED) is 0.743. The molecule has 4 heteroatoms. The van der Waals surface area contributed by atoms with Crippen LogP contribution in [0, 0.1) is 13.8 Å². The predicted octanol–water partition coefficient (Wildman–Crippen LogP) is 3.25. The van der Waals surface area contributed by atoms with E-state index >= 15 is 0 Å². The molecule has 0 aliphatic heterocycles. The molecule has 2 heterocycles. The van der Waals surface area contributed by atoms with Crippen molar-refractivity contribution in [1.82, 2.24) is 14.3 Å². The lowest BCUT2D eigenvalue weighted by Gasteiger charge is -2.11. The van der Waals surface area contributed by atoms with Crippen LogP contribution in [0.4, 0.5) is 0 Å². The highest BCUT2D eigenvalue weighted by atomic mass is 16.2. The number of hydrogen-bond donors (Lipinski definition) is 0. The van der Waals surface area contributed by atoms with E-state index in [4.69, 9.17) is 15.1 Å². The van der Waals surface area contributed by atoms with Crippen LogP contribution >= 0.6 is 0 Å². The Bertz CT molecular complexity index is 1260. The molecule has 0 aliphatic carbocycles. The number of carbonyl (C=O) groups is 1. The number of amides is 1. The van der Waals surface area contributed by atoms with Crippen molar-refractivity contribution in [2.45, 2.75) is 20.2 Å². The van der Waals surface area contributed by atoms with Crippen molar-refractivity contribution in [3.05, 3.63) is 59.3 Å². The maximum absolute atomic E-state index is 12.9. The van der Waals surface area contributed by atoms with Gasteiger partial charge in [-0.2, -0.15) is 0 Å². The van der Waals surface area contributed by atoms with E-state index in [0.717, 1.165) is 17.6 Å². The summed E-state index contributed by atoms with van der Waals surface area (Å²) in [6.45, 7) is -3.98. The smallest absolute Gasteiger partial charge is 0.228 e.